The van der Waals surface area contributed by atoms with Gasteiger partial charge in [0.1, 0.15) is 17.9 Å². The van der Waals surface area contributed by atoms with Crippen LogP contribution in [0.15, 0.2) is 12.7 Å². The second kappa shape index (κ2) is 9.49. The molecule has 0 bridgehead atoms. The van der Waals surface area contributed by atoms with Crippen molar-refractivity contribution < 1.29 is 38.4 Å². The minimum Gasteiger partial charge on any atom is -0.394 e. The molecule has 0 aromatic carbocycles. The van der Waals surface area contributed by atoms with Crippen LogP contribution in [0, 0.1) is 0 Å². The number of hydrogen-bond acceptors (Lipinski definition) is 9. The molecule has 2 heterocycles. The van der Waals surface area contributed by atoms with Gasteiger partial charge in [-0.25, -0.2) is 19.3 Å². The number of alkyl halides is 1. The first-order valence-corrected chi connectivity index (χ1v) is 11.0. The third-order valence-corrected chi connectivity index (χ3v) is 6.61. The van der Waals surface area contributed by atoms with Gasteiger partial charge in [-0.1, -0.05) is 18.5 Å². The van der Waals surface area contributed by atoms with Crippen LogP contribution in [0.3, 0.4) is 0 Å². The molecule has 0 aliphatic rings. The topological polar surface area (TPSA) is 160 Å². The first kappa shape index (κ1) is 25.0. The average molecular weight is 471 g/mol. The summed E-state index contributed by atoms with van der Waals surface area (Å²) in [7, 11) is -4.70. The summed E-state index contributed by atoms with van der Waals surface area (Å²) in [4.78, 5) is 21.7. The first-order chi connectivity index (χ1) is 13.8. The van der Waals surface area contributed by atoms with Gasteiger partial charge in [0.05, 0.1) is 19.5 Å². The van der Waals surface area contributed by atoms with Crippen molar-refractivity contribution in [3.05, 3.63) is 17.8 Å². The lowest BCUT2D eigenvalue weighted by atomic mass is 10.2. The zero-order valence-corrected chi connectivity index (χ0v) is 18.3. The van der Waals surface area contributed by atoms with Crippen LogP contribution in [0.5, 0.6) is 0 Å². The number of aliphatic hydroxyl groups excluding tert-OH is 2. The van der Waals surface area contributed by atoms with Crippen LogP contribution in [-0.2, 0) is 13.8 Å². The summed E-state index contributed by atoms with van der Waals surface area (Å²) >= 11 is 5.95. The van der Waals surface area contributed by atoms with Crippen LogP contribution in [0.25, 0.3) is 11.2 Å². The van der Waals surface area contributed by atoms with Gasteiger partial charge < -0.3 is 24.9 Å². The van der Waals surface area contributed by atoms with E-state index in [-0.39, 0.29) is 29.3 Å². The third kappa shape index (κ3) is 5.51. The predicted molar refractivity (Wildman–Crippen MR) is 104 cm³/mol. The van der Waals surface area contributed by atoms with Gasteiger partial charge in [-0.3, -0.25) is 13.7 Å². The standard InChI is InChI=1S/C16H25ClFN4O7P/c1-4-16(18,29-30(26,27)15(2,3)25)5-6-28-14(10(24)7-23)22-9-21-11-12(17)19-8-20-13(11)22/h8-10,14,23-25H,4-7H2,1-3H3,(H,26,27)/t10-,14-,16?/m1/s1. The molecule has 0 saturated heterocycles. The maximum absolute atomic E-state index is 15.0. The molecule has 0 fully saturated rings. The number of imidazole rings is 1. The van der Waals surface area contributed by atoms with E-state index < -0.39 is 44.2 Å². The highest BCUT2D eigenvalue weighted by Gasteiger charge is 2.46. The van der Waals surface area contributed by atoms with Crippen LogP contribution in [0.2, 0.25) is 5.15 Å². The second-order valence-corrected chi connectivity index (χ2v) is 9.77. The third-order valence-electron chi connectivity index (χ3n) is 4.38. The number of fused-ring (bicyclic) bond motifs is 1. The van der Waals surface area contributed by atoms with Crippen molar-refractivity contribution >= 4 is 30.4 Å². The quantitative estimate of drug-likeness (QED) is 0.281. The Morgan fingerprint density at radius 1 is 1.37 bits per heavy atom. The molecule has 2 aromatic rings. The summed E-state index contributed by atoms with van der Waals surface area (Å²) in [6.07, 6.45) is -1.00. The Morgan fingerprint density at radius 3 is 2.60 bits per heavy atom. The van der Waals surface area contributed by atoms with Gasteiger partial charge in [-0.05, 0) is 13.8 Å². The molecule has 0 aliphatic heterocycles. The molecule has 0 amide bonds. The first-order valence-electron chi connectivity index (χ1n) is 9.03. The maximum atomic E-state index is 15.0. The Hall–Kier alpha value is -1.24. The van der Waals surface area contributed by atoms with Crippen molar-refractivity contribution in [1.82, 2.24) is 19.5 Å². The molecule has 14 heteroatoms. The smallest absolute Gasteiger partial charge is 0.361 e. The van der Waals surface area contributed by atoms with E-state index in [1.807, 2.05) is 0 Å². The van der Waals surface area contributed by atoms with E-state index in [2.05, 4.69) is 15.0 Å². The molecule has 4 atom stereocenters. The van der Waals surface area contributed by atoms with E-state index in [1.165, 1.54) is 24.1 Å². The van der Waals surface area contributed by atoms with Crippen LogP contribution in [0.4, 0.5) is 4.39 Å². The van der Waals surface area contributed by atoms with Gasteiger partial charge in [-0.2, -0.15) is 0 Å². The van der Waals surface area contributed by atoms with E-state index in [1.54, 1.807) is 0 Å². The molecule has 0 spiro atoms. The summed E-state index contributed by atoms with van der Waals surface area (Å²) in [5.41, 5.74) is 0.452. The highest BCUT2D eigenvalue weighted by molar-refractivity contribution is 7.54. The average Bonchev–Trinajstić information content (AvgIpc) is 3.08. The number of rotatable bonds is 11. The molecule has 0 aliphatic carbocycles. The summed E-state index contributed by atoms with van der Waals surface area (Å²) in [5.74, 6) is -2.58. The Balaban J connectivity index is 2.18. The number of ether oxygens (including phenoxy) is 1. The lowest BCUT2D eigenvalue weighted by Crippen LogP contribution is -2.34. The van der Waals surface area contributed by atoms with Crippen molar-refractivity contribution in [2.45, 2.75) is 57.1 Å². The lowest BCUT2D eigenvalue weighted by Gasteiger charge is -2.32. The fourth-order valence-corrected chi connectivity index (χ4v) is 3.49. The van der Waals surface area contributed by atoms with Crippen molar-refractivity contribution in [2.24, 2.45) is 0 Å². The zero-order valence-electron chi connectivity index (χ0n) is 16.6. The minimum atomic E-state index is -4.70. The summed E-state index contributed by atoms with van der Waals surface area (Å²) < 4.78 is 38.7. The van der Waals surface area contributed by atoms with E-state index in [0.717, 1.165) is 13.8 Å². The Morgan fingerprint density at radius 2 is 2.03 bits per heavy atom. The van der Waals surface area contributed by atoms with E-state index >= 15 is 4.39 Å². The Kier molecular flexibility index (Phi) is 7.92. The molecular weight excluding hydrogens is 446 g/mol. The number of aliphatic hydroxyl groups is 3. The van der Waals surface area contributed by atoms with E-state index in [4.69, 9.17) is 20.9 Å². The summed E-state index contributed by atoms with van der Waals surface area (Å²) in [6.45, 7) is 2.40. The van der Waals surface area contributed by atoms with Crippen LogP contribution in [-0.4, -0.2) is 70.2 Å². The fourth-order valence-electron chi connectivity index (χ4n) is 2.43. The Labute approximate surface area is 177 Å². The van der Waals surface area contributed by atoms with Gasteiger partial charge >= 0.3 is 7.60 Å². The highest BCUT2D eigenvalue weighted by atomic mass is 35.5. The van der Waals surface area contributed by atoms with Crippen molar-refractivity contribution in [2.75, 3.05) is 13.2 Å². The monoisotopic (exact) mass is 470 g/mol. The van der Waals surface area contributed by atoms with Crippen molar-refractivity contribution in [3.8, 4) is 0 Å². The molecule has 2 unspecified atom stereocenters. The van der Waals surface area contributed by atoms with Crippen LogP contribution < -0.4 is 0 Å². The molecule has 2 rings (SSSR count). The molecule has 4 N–H and O–H groups in total. The number of halogens is 2. The van der Waals surface area contributed by atoms with Crippen LogP contribution >= 0.6 is 19.2 Å². The molecule has 170 valence electrons. The maximum Gasteiger partial charge on any atom is 0.361 e. The van der Waals surface area contributed by atoms with Gasteiger partial charge in [0.25, 0.3) is 0 Å². The Bertz CT molecular complexity index is 911. The molecule has 0 radical (unpaired) electrons. The van der Waals surface area contributed by atoms with Crippen LogP contribution in [0.1, 0.15) is 39.8 Å². The molecular formula is C16H25ClFN4O7P. The van der Waals surface area contributed by atoms with Gasteiger partial charge in [0.15, 0.2) is 22.4 Å². The minimum absolute atomic E-state index is 0.0727. The number of hydrogen-bond donors (Lipinski definition) is 4. The SMILES string of the molecule is CCC(F)(CCO[C@H]([C@H](O)CO)n1cnc2c(Cl)ncnc21)OP(=O)(O)C(C)(C)O. The zero-order chi connectivity index (χ0) is 22.7. The van der Waals surface area contributed by atoms with Gasteiger partial charge in [0.2, 0.25) is 5.85 Å². The molecule has 11 nitrogen and oxygen atoms in total. The van der Waals surface area contributed by atoms with E-state index in [0.29, 0.717) is 0 Å². The number of nitrogens with zero attached hydrogens (tertiary/aromatic N) is 4. The van der Waals surface area contributed by atoms with Crippen molar-refractivity contribution in [3.63, 3.8) is 0 Å². The van der Waals surface area contributed by atoms with Crippen molar-refractivity contribution in [1.29, 1.82) is 0 Å². The molecule has 2 aromatic heterocycles. The lowest BCUT2D eigenvalue weighted by molar-refractivity contribution is -0.135. The van der Waals surface area contributed by atoms with E-state index in [9.17, 15) is 24.8 Å². The summed E-state index contributed by atoms with van der Waals surface area (Å²) in [6, 6.07) is 0. The largest absolute Gasteiger partial charge is 0.394 e. The van der Waals surface area contributed by atoms with Gasteiger partial charge in [0, 0.05) is 12.8 Å². The fraction of sp³-hybridized carbons (Fsp3) is 0.688. The second-order valence-electron chi connectivity index (χ2n) is 7.09. The molecule has 30 heavy (non-hydrogen) atoms. The predicted octanol–water partition coefficient (Wildman–Crippen LogP) is 1.74. The van der Waals surface area contributed by atoms with Gasteiger partial charge in [-0.15, -0.1) is 0 Å². The molecule has 0 saturated carbocycles. The summed E-state index contributed by atoms with van der Waals surface area (Å²) in [5, 5.41) is 27.2. The highest BCUT2D eigenvalue weighted by Crippen LogP contribution is 2.57. The number of aromatic nitrogens is 4. The normalized spacial score (nSPS) is 18.7.